The van der Waals surface area contributed by atoms with Gasteiger partial charge in [0.1, 0.15) is 6.33 Å². The van der Waals surface area contributed by atoms with Gasteiger partial charge in [-0.15, -0.1) is 5.10 Å². The number of nitrogens with one attached hydrogen (secondary N) is 1. The lowest BCUT2D eigenvalue weighted by atomic mass is 10.2. The monoisotopic (exact) mass is 376 g/mol. The zero-order chi connectivity index (χ0) is 14.0. The third-order valence-corrected chi connectivity index (χ3v) is 3.79. The van der Waals surface area contributed by atoms with Crippen molar-refractivity contribution < 1.29 is 4.79 Å². The van der Waals surface area contributed by atoms with Crippen molar-refractivity contribution in [1.29, 1.82) is 0 Å². The van der Waals surface area contributed by atoms with E-state index in [2.05, 4.69) is 43.2 Å². The van der Waals surface area contributed by atoms with E-state index < -0.39 is 5.69 Å². The summed E-state index contributed by atoms with van der Waals surface area (Å²) < 4.78 is 3.09. The Kier molecular flexibility index (Phi) is 4.12. The van der Waals surface area contributed by atoms with Gasteiger partial charge in [-0.1, -0.05) is 34.7 Å². The number of aromatic nitrogens is 5. The van der Waals surface area contributed by atoms with Gasteiger partial charge in [0.2, 0.25) is 0 Å². The molecule has 0 aromatic carbocycles. The average molecular weight is 376 g/mol. The number of rotatable bonds is 4. The van der Waals surface area contributed by atoms with Gasteiger partial charge < -0.3 is 5.32 Å². The molecule has 1 atom stereocenters. The van der Waals surface area contributed by atoms with E-state index in [1.54, 1.807) is 0 Å². The second kappa shape index (κ2) is 5.63. The van der Waals surface area contributed by atoms with Crippen LogP contribution < -0.4 is 11.0 Å². The number of hydrogen-bond acceptors (Lipinski definition) is 5. The van der Waals surface area contributed by atoms with Crippen LogP contribution in [0.5, 0.6) is 0 Å². The number of halogens is 1. The molecule has 1 amide bonds. The second-order valence-electron chi connectivity index (χ2n) is 4.02. The molecule has 2 aromatic rings. The van der Waals surface area contributed by atoms with Gasteiger partial charge in [-0.05, 0) is 6.42 Å². The van der Waals surface area contributed by atoms with Crippen molar-refractivity contribution in [3.05, 3.63) is 22.5 Å². The topological polar surface area (TPSA) is 94.2 Å². The van der Waals surface area contributed by atoms with Crippen molar-refractivity contribution >= 4 is 34.1 Å². The first-order chi connectivity index (χ1) is 9.08. The third-order valence-electron chi connectivity index (χ3n) is 2.73. The Balaban J connectivity index is 2.39. The van der Waals surface area contributed by atoms with E-state index in [1.165, 1.54) is 17.8 Å². The lowest BCUT2D eigenvalue weighted by Crippen LogP contribution is -2.36. The fourth-order valence-electron chi connectivity index (χ4n) is 1.54. The summed E-state index contributed by atoms with van der Waals surface area (Å²) in [4.78, 5) is 27.8. The first-order valence-corrected chi connectivity index (χ1v) is 7.25. The van der Waals surface area contributed by atoms with Crippen LogP contribution in [-0.4, -0.2) is 40.8 Å². The van der Waals surface area contributed by atoms with Crippen molar-refractivity contribution in [3.63, 3.8) is 0 Å². The van der Waals surface area contributed by atoms with Crippen LogP contribution in [-0.2, 0) is 7.05 Å². The van der Waals surface area contributed by atoms with E-state index in [4.69, 9.17) is 0 Å². The minimum atomic E-state index is -0.391. The molecule has 0 fully saturated rings. The number of hydrogen-bond donors (Lipinski definition) is 1. The molecule has 0 saturated heterocycles. The molecular weight excluding hydrogens is 363 g/mol. The molecular formula is C10H13IN6O2. The standard InChI is InChI=1S/C10H13IN6O2/c1-3-6(4-11)13-9(18)7-8-14-15-16(2)10(19)17(8)5-12-7/h5-6H,3-4H2,1-2H3,(H,13,18). The minimum absolute atomic E-state index is 0.0735. The van der Waals surface area contributed by atoms with Crippen molar-refractivity contribution in [2.75, 3.05) is 4.43 Å². The fourth-order valence-corrected chi connectivity index (χ4v) is 2.39. The molecule has 1 N–H and O–H groups in total. The number of imidazole rings is 1. The maximum atomic E-state index is 12.1. The van der Waals surface area contributed by atoms with Gasteiger partial charge >= 0.3 is 5.69 Å². The highest BCUT2D eigenvalue weighted by Crippen LogP contribution is 2.04. The van der Waals surface area contributed by atoms with Gasteiger partial charge in [0.05, 0.1) is 0 Å². The van der Waals surface area contributed by atoms with Crippen LogP contribution in [0.2, 0.25) is 0 Å². The smallest absolute Gasteiger partial charge is 0.347 e. The van der Waals surface area contributed by atoms with E-state index in [-0.39, 0.29) is 23.3 Å². The Morgan fingerprint density at radius 3 is 2.95 bits per heavy atom. The van der Waals surface area contributed by atoms with Gasteiger partial charge in [0.15, 0.2) is 11.3 Å². The summed E-state index contributed by atoms with van der Waals surface area (Å²) in [5.41, 5.74) is -0.102. The summed E-state index contributed by atoms with van der Waals surface area (Å²) in [6, 6.07) is 0.0735. The molecule has 0 bridgehead atoms. The molecule has 0 aliphatic rings. The summed E-state index contributed by atoms with van der Waals surface area (Å²) in [5.74, 6) is -0.339. The quantitative estimate of drug-likeness (QED) is 0.588. The molecule has 8 nitrogen and oxygen atoms in total. The van der Waals surface area contributed by atoms with Gasteiger partial charge in [-0.3, -0.25) is 4.79 Å². The molecule has 2 heterocycles. The number of carbonyl (C=O) groups is 1. The third kappa shape index (κ3) is 2.60. The molecule has 102 valence electrons. The number of amides is 1. The van der Waals surface area contributed by atoms with Crippen LogP contribution in [0.25, 0.3) is 5.65 Å². The zero-order valence-electron chi connectivity index (χ0n) is 10.5. The highest BCUT2D eigenvalue weighted by Gasteiger charge is 2.19. The molecule has 2 rings (SSSR count). The molecule has 0 aliphatic carbocycles. The van der Waals surface area contributed by atoms with Crippen LogP contribution in [0, 0.1) is 0 Å². The van der Waals surface area contributed by atoms with Gasteiger partial charge in [-0.25, -0.2) is 14.2 Å². The molecule has 0 aliphatic heterocycles. The van der Waals surface area contributed by atoms with Crippen molar-refractivity contribution in [2.24, 2.45) is 7.05 Å². The fraction of sp³-hybridized carbons (Fsp3) is 0.500. The Morgan fingerprint density at radius 1 is 1.58 bits per heavy atom. The summed E-state index contributed by atoms with van der Waals surface area (Å²) in [7, 11) is 1.48. The van der Waals surface area contributed by atoms with E-state index in [1.807, 2.05) is 6.92 Å². The van der Waals surface area contributed by atoms with Crippen LogP contribution in [0.4, 0.5) is 0 Å². The molecule has 1 unspecified atom stereocenters. The average Bonchev–Trinajstić information content (AvgIpc) is 2.84. The Bertz CT molecular complexity index is 660. The molecule has 0 radical (unpaired) electrons. The van der Waals surface area contributed by atoms with Crippen molar-refractivity contribution in [1.82, 2.24) is 29.7 Å². The first kappa shape index (κ1) is 13.9. The highest BCUT2D eigenvalue weighted by atomic mass is 127. The first-order valence-electron chi connectivity index (χ1n) is 5.72. The van der Waals surface area contributed by atoms with Gasteiger partial charge in [0.25, 0.3) is 5.91 Å². The molecule has 2 aromatic heterocycles. The predicted octanol–water partition coefficient (Wildman–Crippen LogP) is -0.234. The number of nitrogens with zero attached hydrogens (tertiary/aromatic N) is 5. The van der Waals surface area contributed by atoms with Crippen molar-refractivity contribution in [2.45, 2.75) is 19.4 Å². The molecule has 9 heteroatoms. The maximum absolute atomic E-state index is 12.1. The summed E-state index contributed by atoms with van der Waals surface area (Å²) in [5, 5.41) is 10.3. The maximum Gasteiger partial charge on any atom is 0.352 e. The van der Waals surface area contributed by atoms with E-state index >= 15 is 0 Å². The van der Waals surface area contributed by atoms with Gasteiger partial charge in [0, 0.05) is 17.5 Å². The molecule has 0 saturated carbocycles. The Hall–Kier alpha value is -1.52. The number of aryl methyl sites for hydroxylation is 1. The molecule has 0 spiro atoms. The summed E-state index contributed by atoms with van der Waals surface area (Å²) in [6.07, 6.45) is 2.11. The van der Waals surface area contributed by atoms with Gasteiger partial charge in [-0.2, -0.15) is 4.68 Å². The minimum Gasteiger partial charge on any atom is -0.347 e. The summed E-state index contributed by atoms with van der Waals surface area (Å²) in [6.45, 7) is 1.99. The second-order valence-corrected chi connectivity index (χ2v) is 4.90. The lowest BCUT2D eigenvalue weighted by molar-refractivity contribution is 0.0937. The normalized spacial score (nSPS) is 12.6. The van der Waals surface area contributed by atoms with Crippen molar-refractivity contribution in [3.8, 4) is 0 Å². The lowest BCUT2D eigenvalue weighted by Gasteiger charge is -2.12. The Morgan fingerprint density at radius 2 is 2.32 bits per heavy atom. The van der Waals surface area contributed by atoms with E-state index in [9.17, 15) is 9.59 Å². The molecule has 19 heavy (non-hydrogen) atoms. The number of alkyl halides is 1. The number of carbonyl (C=O) groups excluding carboxylic acids is 1. The van der Waals surface area contributed by atoms with E-state index in [0.717, 1.165) is 15.5 Å². The largest absolute Gasteiger partial charge is 0.352 e. The SMILES string of the molecule is CCC(CI)NC(=O)c1ncn2c(=O)n(C)nnc12. The Labute approximate surface area is 122 Å². The highest BCUT2D eigenvalue weighted by molar-refractivity contribution is 14.1. The zero-order valence-corrected chi connectivity index (χ0v) is 12.7. The van der Waals surface area contributed by atoms with Crippen LogP contribution in [0.1, 0.15) is 23.8 Å². The van der Waals surface area contributed by atoms with E-state index in [0.29, 0.717) is 0 Å². The summed E-state index contributed by atoms with van der Waals surface area (Å²) >= 11 is 2.21. The predicted molar refractivity (Wildman–Crippen MR) is 76.5 cm³/mol. The van der Waals surface area contributed by atoms with Crippen LogP contribution >= 0.6 is 22.6 Å². The van der Waals surface area contributed by atoms with Crippen LogP contribution in [0.3, 0.4) is 0 Å². The number of fused-ring (bicyclic) bond motifs is 1. The van der Waals surface area contributed by atoms with Crippen LogP contribution in [0.15, 0.2) is 11.1 Å².